The van der Waals surface area contributed by atoms with Crippen LogP contribution in [0.5, 0.6) is 5.88 Å². The monoisotopic (exact) mass is 575 g/mol. The lowest BCUT2D eigenvalue weighted by Crippen LogP contribution is -2.28. The molecule has 10 heteroatoms. The number of nitrogens with zero attached hydrogens (tertiary/aromatic N) is 5. The molecule has 0 radical (unpaired) electrons. The summed E-state index contributed by atoms with van der Waals surface area (Å²) < 4.78 is 2.65. The lowest BCUT2D eigenvalue weighted by molar-refractivity contribution is -0.122. The molecule has 0 saturated heterocycles. The van der Waals surface area contributed by atoms with Gasteiger partial charge in [-0.25, -0.2) is 0 Å². The SMILES string of the molecule is CCCCN(CCCC)Cn1c(O)c(N=NC(=O)CON=Cc2ccccc2Cl)c2cc(Br)ccc21. The molecule has 0 saturated carbocycles. The minimum Gasteiger partial charge on any atom is -0.493 e. The Balaban J connectivity index is 1.76. The third kappa shape index (κ3) is 7.62. The minimum absolute atomic E-state index is 0.0321. The standard InChI is InChI=1S/C26H31BrClN5O3/c1-3-5-13-32(14-6-4-2)18-33-23-12-11-20(27)15-21(23)25(26(33)35)31-30-24(34)17-36-29-16-19-9-7-8-10-22(19)28/h7-12,15-16,35H,3-6,13-14,17-18H2,1-2H3. The van der Waals surface area contributed by atoms with Gasteiger partial charge in [-0.2, -0.15) is 0 Å². The van der Waals surface area contributed by atoms with E-state index < -0.39 is 12.5 Å². The first-order valence-corrected chi connectivity index (χ1v) is 13.2. The fraction of sp³-hybridized carbons (Fsp3) is 0.385. The first kappa shape index (κ1) is 27.8. The summed E-state index contributed by atoms with van der Waals surface area (Å²) in [6.45, 7) is 6.34. The largest absolute Gasteiger partial charge is 0.493 e. The molecular formula is C26H31BrClN5O3. The van der Waals surface area contributed by atoms with Crippen LogP contribution in [0.3, 0.4) is 0 Å². The van der Waals surface area contributed by atoms with Crippen molar-refractivity contribution in [2.45, 2.75) is 46.2 Å². The third-order valence-corrected chi connectivity index (χ3v) is 6.43. The Hall–Kier alpha value is -2.75. The molecule has 0 spiro atoms. The summed E-state index contributed by atoms with van der Waals surface area (Å²) in [6.07, 6.45) is 5.77. The topological polar surface area (TPSA) is 91.8 Å². The summed E-state index contributed by atoms with van der Waals surface area (Å²) in [4.78, 5) is 19.6. The molecule has 0 atom stereocenters. The fourth-order valence-corrected chi connectivity index (χ4v) is 4.20. The number of aromatic hydroxyl groups is 1. The van der Waals surface area contributed by atoms with Gasteiger partial charge in [-0.1, -0.05) is 77.6 Å². The highest BCUT2D eigenvalue weighted by Gasteiger charge is 2.19. The Labute approximate surface area is 224 Å². The van der Waals surface area contributed by atoms with Crippen molar-refractivity contribution in [3.05, 3.63) is 57.5 Å². The highest BCUT2D eigenvalue weighted by molar-refractivity contribution is 9.10. The Morgan fingerprint density at radius 3 is 2.58 bits per heavy atom. The van der Waals surface area contributed by atoms with Gasteiger partial charge in [0, 0.05) is 20.4 Å². The zero-order valence-electron chi connectivity index (χ0n) is 20.5. The van der Waals surface area contributed by atoms with Crippen LogP contribution in [0.4, 0.5) is 5.69 Å². The number of amides is 1. The smallest absolute Gasteiger partial charge is 0.304 e. The summed E-state index contributed by atoms with van der Waals surface area (Å²) in [6, 6.07) is 12.8. The summed E-state index contributed by atoms with van der Waals surface area (Å²) in [5.74, 6) is -0.663. The van der Waals surface area contributed by atoms with E-state index in [9.17, 15) is 9.90 Å². The Morgan fingerprint density at radius 2 is 1.89 bits per heavy atom. The third-order valence-electron chi connectivity index (χ3n) is 5.59. The van der Waals surface area contributed by atoms with Gasteiger partial charge in [-0.3, -0.25) is 14.3 Å². The zero-order valence-corrected chi connectivity index (χ0v) is 22.9. The van der Waals surface area contributed by atoms with E-state index in [4.69, 9.17) is 16.4 Å². The van der Waals surface area contributed by atoms with Gasteiger partial charge in [-0.15, -0.1) is 10.2 Å². The Morgan fingerprint density at radius 1 is 1.17 bits per heavy atom. The van der Waals surface area contributed by atoms with Crippen LogP contribution in [0.2, 0.25) is 5.02 Å². The van der Waals surface area contributed by atoms with Crippen molar-refractivity contribution in [3.63, 3.8) is 0 Å². The molecule has 192 valence electrons. The number of carbonyl (C=O) groups is 1. The molecule has 1 N–H and O–H groups in total. The first-order chi connectivity index (χ1) is 17.4. The van der Waals surface area contributed by atoms with Gasteiger partial charge in [0.15, 0.2) is 12.3 Å². The fourth-order valence-electron chi connectivity index (χ4n) is 3.66. The number of hydrogen-bond acceptors (Lipinski definition) is 6. The number of oxime groups is 1. The van der Waals surface area contributed by atoms with E-state index in [1.54, 1.807) is 12.1 Å². The van der Waals surface area contributed by atoms with E-state index in [-0.39, 0.29) is 11.6 Å². The lowest BCUT2D eigenvalue weighted by atomic mass is 10.2. The lowest BCUT2D eigenvalue weighted by Gasteiger charge is -2.23. The van der Waals surface area contributed by atoms with Crippen LogP contribution < -0.4 is 0 Å². The van der Waals surface area contributed by atoms with E-state index in [0.717, 1.165) is 48.8 Å². The van der Waals surface area contributed by atoms with E-state index in [1.165, 1.54) is 6.21 Å². The summed E-state index contributed by atoms with van der Waals surface area (Å²) in [5, 5.41) is 23.9. The maximum Gasteiger partial charge on any atom is 0.304 e. The van der Waals surface area contributed by atoms with Crippen LogP contribution in [0.15, 0.2) is 62.3 Å². The minimum atomic E-state index is -0.630. The number of hydrogen-bond donors (Lipinski definition) is 1. The maximum atomic E-state index is 12.2. The molecule has 1 aromatic heterocycles. The number of halogens is 2. The summed E-state index contributed by atoms with van der Waals surface area (Å²) >= 11 is 9.54. The molecule has 0 aliphatic carbocycles. The Bertz CT molecular complexity index is 1220. The second kappa shape index (κ2) is 14.1. The van der Waals surface area contributed by atoms with Gasteiger partial charge in [0.05, 0.1) is 18.4 Å². The Kier molecular flexibility index (Phi) is 10.9. The van der Waals surface area contributed by atoms with Gasteiger partial charge >= 0.3 is 5.91 Å². The van der Waals surface area contributed by atoms with Crippen LogP contribution in [-0.2, 0) is 16.3 Å². The van der Waals surface area contributed by atoms with Crippen LogP contribution in [0, 0.1) is 0 Å². The predicted octanol–water partition coefficient (Wildman–Crippen LogP) is 7.28. The molecule has 3 aromatic rings. The van der Waals surface area contributed by atoms with Crippen molar-refractivity contribution in [3.8, 4) is 5.88 Å². The molecule has 2 aromatic carbocycles. The van der Waals surface area contributed by atoms with E-state index in [0.29, 0.717) is 22.6 Å². The average molecular weight is 577 g/mol. The van der Waals surface area contributed by atoms with Crippen molar-refractivity contribution in [1.29, 1.82) is 0 Å². The molecule has 0 aliphatic heterocycles. The van der Waals surface area contributed by atoms with Gasteiger partial charge < -0.3 is 9.94 Å². The van der Waals surface area contributed by atoms with E-state index >= 15 is 0 Å². The van der Waals surface area contributed by atoms with Crippen molar-refractivity contribution in [2.75, 3.05) is 19.7 Å². The molecule has 0 aliphatic rings. The maximum absolute atomic E-state index is 12.2. The number of unbranched alkanes of at least 4 members (excludes halogenated alkanes) is 2. The molecule has 3 rings (SSSR count). The number of aromatic nitrogens is 1. The zero-order chi connectivity index (χ0) is 25.9. The number of rotatable bonds is 13. The number of fused-ring (bicyclic) bond motifs is 1. The van der Waals surface area contributed by atoms with E-state index in [2.05, 4.69) is 50.1 Å². The van der Waals surface area contributed by atoms with Crippen LogP contribution in [-0.4, -0.2) is 46.4 Å². The molecule has 0 fully saturated rings. The molecule has 1 heterocycles. The summed E-state index contributed by atoms with van der Waals surface area (Å²) in [5.41, 5.74) is 1.73. The highest BCUT2D eigenvalue weighted by Crippen LogP contribution is 2.40. The second-order valence-electron chi connectivity index (χ2n) is 8.35. The number of azo groups is 1. The predicted molar refractivity (Wildman–Crippen MR) is 147 cm³/mol. The molecule has 0 unspecified atom stereocenters. The quantitative estimate of drug-likeness (QED) is 0.131. The molecule has 1 amide bonds. The van der Waals surface area contributed by atoms with Gasteiger partial charge in [-0.05, 0) is 50.2 Å². The van der Waals surface area contributed by atoms with Crippen LogP contribution in [0.1, 0.15) is 45.1 Å². The summed E-state index contributed by atoms with van der Waals surface area (Å²) in [7, 11) is 0. The molecule has 8 nitrogen and oxygen atoms in total. The average Bonchev–Trinajstić information content (AvgIpc) is 3.12. The number of benzene rings is 2. The van der Waals surface area contributed by atoms with Crippen molar-refractivity contribution in [1.82, 2.24) is 9.47 Å². The second-order valence-corrected chi connectivity index (χ2v) is 9.67. The highest BCUT2D eigenvalue weighted by atomic mass is 79.9. The van der Waals surface area contributed by atoms with Gasteiger partial charge in [0.25, 0.3) is 0 Å². The molecular weight excluding hydrogens is 546 g/mol. The number of carbonyl (C=O) groups excluding carboxylic acids is 1. The van der Waals surface area contributed by atoms with E-state index in [1.807, 2.05) is 34.9 Å². The van der Waals surface area contributed by atoms with Gasteiger partial charge in [0.1, 0.15) is 0 Å². The molecule has 0 bridgehead atoms. The van der Waals surface area contributed by atoms with Gasteiger partial charge in [0.2, 0.25) is 5.88 Å². The molecule has 36 heavy (non-hydrogen) atoms. The van der Waals surface area contributed by atoms with Crippen molar-refractivity contribution >= 4 is 56.2 Å². The van der Waals surface area contributed by atoms with Crippen LogP contribution in [0.25, 0.3) is 10.9 Å². The first-order valence-electron chi connectivity index (χ1n) is 12.0. The van der Waals surface area contributed by atoms with Crippen molar-refractivity contribution < 1.29 is 14.7 Å². The van der Waals surface area contributed by atoms with Crippen molar-refractivity contribution in [2.24, 2.45) is 15.4 Å². The normalized spacial score (nSPS) is 11.9. The van der Waals surface area contributed by atoms with Crippen LogP contribution >= 0.6 is 27.5 Å².